The summed E-state index contributed by atoms with van der Waals surface area (Å²) in [6.07, 6.45) is 1.58. The van der Waals surface area contributed by atoms with Crippen molar-refractivity contribution >= 4 is 29.5 Å². The number of methoxy groups -OCH3 is 1. The van der Waals surface area contributed by atoms with Crippen LogP contribution in [0.25, 0.3) is 0 Å². The summed E-state index contributed by atoms with van der Waals surface area (Å²) in [5.74, 6) is -0.326. The number of hydrogen-bond donors (Lipinski definition) is 1. The first kappa shape index (κ1) is 17.3. The highest BCUT2D eigenvalue weighted by molar-refractivity contribution is 7.99. The van der Waals surface area contributed by atoms with Crippen molar-refractivity contribution in [3.05, 3.63) is 48.4 Å². The maximum absolute atomic E-state index is 11.6. The average molecular weight is 374 g/mol. The summed E-state index contributed by atoms with van der Waals surface area (Å²) < 4.78 is 6.87. The van der Waals surface area contributed by atoms with Gasteiger partial charge in [-0.25, -0.2) is 9.78 Å². The minimum atomic E-state index is -1.07. The van der Waals surface area contributed by atoms with Crippen molar-refractivity contribution in [2.45, 2.75) is 20.0 Å². The van der Waals surface area contributed by atoms with Gasteiger partial charge < -0.3 is 14.4 Å². The Bertz CT molecular complexity index is 897. The Labute approximate surface area is 152 Å². The fraction of sp³-hybridized carbons (Fsp3) is 0.125. The maximum Gasteiger partial charge on any atom is 0.355 e. The Kier molecular flexibility index (Phi) is 5.25. The van der Waals surface area contributed by atoms with Gasteiger partial charge in [0.05, 0.1) is 7.11 Å². The summed E-state index contributed by atoms with van der Waals surface area (Å²) in [6.45, 7) is 0. The lowest BCUT2D eigenvalue weighted by Crippen LogP contribution is -2.03. The number of carboxylic acids is 1. The van der Waals surface area contributed by atoms with Gasteiger partial charge in [-0.3, -0.25) is 0 Å². The van der Waals surface area contributed by atoms with Crippen LogP contribution < -0.4 is 4.74 Å². The zero-order chi connectivity index (χ0) is 17.8. The molecule has 0 aliphatic rings. The molecule has 9 heteroatoms. The van der Waals surface area contributed by atoms with Crippen LogP contribution in [0, 0.1) is 0 Å². The molecule has 2 heterocycles. The number of aryl methyl sites for hydroxylation is 1. The smallest absolute Gasteiger partial charge is 0.355 e. The molecule has 1 aromatic carbocycles. The van der Waals surface area contributed by atoms with E-state index in [0.29, 0.717) is 15.1 Å². The van der Waals surface area contributed by atoms with Crippen LogP contribution in [0.15, 0.2) is 62.7 Å². The molecule has 0 aliphatic heterocycles. The van der Waals surface area contributed by atoms with Crippen LogP contribution in [0.3, 0.4) is 0 Å². The predicted octanol–water partition coefficient (Wildman–Crippen LogP) is 3.22. The summed E-state index contributed by atoms with van der Waals surface area (Å²) in [5.41, 5.74) is 0.00739. The topological polar surface area (TPSA) is 90.1 Å². The molecule has 0 unspecified atom stereocenters. The minimum absolute atomic E-state index is 0.00739. The van der Waals surface area contributed by atoms with Crippen LogP contribution in [0.2, 0.25) is 0 Å². The highest BCUT2D eigenvalue weighted by Crippen LogP contribution is 2.33. The monoisotopic (exact) mass is 374 g/mol. The second-order valence-electron chi connectivity index (χ2n) is 4.91. The Hall–Kier alpha value is -2.52. The van der Waals surface area contributed by atoms with Crippen molar-refractivity contribution in [3.8, 4) is 5.75 Å². The zero-order valence-electron chi connectivity index (χ0n) is 13.4. The number of hydrogen-bond acceptors (Lipinski definition) is 7. The number of carbonyl (C=O) groups is 1. The molecular weight excluding hydrogens is 360 g/mol. The molecule has 3 rings (SSSR count). The van der Waals surface area contributed by atoms with Gasteiger partial charge >= 0.3 is 5.97 Å². The van der Waals surface area contributed by atoms with Crippen LogP contribution in [0.5, 0.6) is 5.75 Å². The number of aromatic carboxylic acids is 1. The first-order valence-electron chi connectivity index (χ1n) is 7.15. The Morgan fingerprint density at radius 2 is 1.92 bits per heavy atom. The molecule has 0 atom stereocenters. The molecule has 7 nitrogen and oxygen atoms in total. The van der Waals surface area contributed by atoms with E-state index in [2.05, 4.69) is 15.2 Å². The van der Waals surface area contributed by atoms with Crippen LogP contribution in [-0.2, 0) is 7.05 Å². The number of benzene rings is 1. The lowest BCUT2D eigenvalue weighted by atomic mass is 10.3. The van der Waals surface area contributed by atoms with E-state index in [9.17, 15) is 9.90 Å². The second-order valence-corrected chi connectivity index (χ2v) is 7.01. The summed E-state index contributed by atoms with van der Waals surface area (Å²) in [7, 11) is 3.41. The van der Waals surface area contributed by atoms with E-state index in [1.165, 1.54) is 23.5 Å². The third kappa shape index (κ3) is 4.12. The van der Waals surface area contributed by atoms with E-state index >= 15 is 0 Å². The predicted molar refractivity (Wildman–Crippen MR) is 93.4 cm³/mol. The van der Waals surface area contributed by atoms with Crippen molar-refractivity contribution in [2.24, 2.45) is 7.05 Å². The van der Waals surface area contributed by atoms with Crippen LogP contribution >= 0.6 is 23.5 Å². The third-order valence-electron chi connectivity index (χ3n) is 3.19. The average Bonchev–Trinajstić information content (AvgIpc) is 3.01. The lowest BCUT2D eigenvalue weighted by molar-refractivity contribution is 0.0685. The molecular formula is C16H14N4O3S2. The lowest BCUT2D eigenvalue weighted by Gasteiger charge is -2.08. The van der Waals surface area contributed by atoms with Crippen LogP contribution in [0.4, 0.5) is 0 Å². The van der Waals surface area contributed by atoms with Crippen molar-refractivity contribution in [1.29, 1.82) is 0 Å². The zero-order valence-corrected chi connectivity index (χ0v) is 15.0. The second kappa shape index (κ2) is 7.58. The van der Waals surface area contributed by atoms with Gasteiger partial charge in [0.2, 0.25) is 0 Å². The normalized spacial score (nSPS) is 10.6. The summed E-state index contributed by atoms with van der Waals surface area (Å²) in [5, 5.41) is 18.4. The van der Waals surface area contributed by atoms with E-state index in [4.69, 9.17) is 4.74 Å². The molecule has 3 aromatic rings. The highest BCUT2D eigenvalue weighted by atomic mass is 32.2. The Morgan fingerprint density at radius 1 is 1.16 bits per heavy atom. The van der Waals surface area contributed by atoms with Gasteiger partial charge in [0, 0.05) is 16.8 Å². The SMILES string of the molecule is COc1ccc(Sc2ccc(Sc3nncn3C)nc2C(=O)O)cc1. The van der Waals surface area contributed by atoms with Crippen molar-refractivity contribution in [2.75, 3.05) is 7.11 Å². The van der Waals surface area contributed by atoms with Gasteiger partial charge in [-0.2, -0.15) is 0 Å². The minimum Gasteiger partial charge on any atom is -0.497 e. The largest absolute Gasteiger partial charge is 0.497 e. The van der Waals surface area contributed by atoms with Gasteiger partial charge in [-0.1, -0.05) is 11.8 Å². The van der Waals surface area contributed by atoms with Crippen molar-refractivity contribution in [3.63, 3.8) is 0 Å². The van der Waals surface area contributed by atoms with E-state index in [1.54, 1.807) is 30.1 Å². The van der Waals surface area contributed by atoms with Crippen molar-refractivity contribution in [1.82, 2.24) is 19.7 Å². The number of pyridine rings is 1. The van der Waals surface area contributed by atoms with E-state index < -0.39 is 5.97 Å². The van der Waals surface area contributed by atoms with E-state index in [0.717, 1.165) is 10.6 Å². The molecule has 2 aromatic heterocycles. The quantitative estimate of drug-likeness (QED) is 0.703. The fourth-order valence-electron chi connectivity index (χ4n) is 1.95. The number of aromatic nitrogens is 4. The molecule has 0 saturated carbocycles. The highest BCUT2D eigenvalue weighted by Gasteiger charge is 2.16. The molecule has 0 radical (unpaired) electrons. The fourth-order valence-corrected chi connectivity index (χ4v) is 3.58. The maximum atomic E-state index is 11.6. The van der Waals surface area contributed by atoms with Crippen LogP contribution in [-0.4, -0.2) is 37.9 Å². The van der Waals surface area contributed by atoms with Gasteiger partial charge in [0.1, 0.15) is 17.1 Å². The number of ether oxygens (including phenoxy) is 1. The molecule has 0 spiro atoms. The van der Waals surface area contributed by atoms with E-state index in [-0.39, 0.29) is 5.69 Å². The summed E-state index contributed by atoms with van der Waals surface area (Å²) in [4.78, 5) is 17.3. The standard InChI is InChI=1S/C16H14N4O3S2/c1-20-9-17-19-16(20)25-13-8-7-12(14(18-13)15(21)22)24-11-5-3-10(23-2)4-6-11/h3-9H,1-2H3,(H,21,22). The van der Waals surface area contributed by atoms with Crippen molar-refractivity contribution < 1.29 is 14.6 Å². The molecule has 0 fully saturated rings. The molecule has 0 bridgehead atoms. The Morgan fingerprint density at radius 3 is 2.52 bits per heavy atom. The molecule has 25 heavy (non-hydrogen) atoms. The first-order valence-corrected chi connectivity index (χ1v) is 8.78. The van der Waals surface area contributed by atoms with Crippen LogP contribution in [0.1, 0.15) is 10.5 Å². The van der Waals surface area contributed by atoms with E-state index in [1.807, 2.05) is 31.3 Å². The molecule has 1 N–H and O–H groups in total. The molecule has 0 amide bonds. The molecule has 128 valence electrons. The first-order chi connectivity index (χ1) is 12.1. The summed E-state index contributed by atoms with van der Waals surface area (Å²) in [6, 6.07) is 10.9. The van der Waals surface area contributed by atoms with Gasteiger partial charge in [0.15, 0.2) is 10.9 Å². The van der Waals surface area contributed by atoms with Gasteiger partial charge in [0.25, 0.3) is 0 Å². The molecule has 0 aliphatic carbocycles. The summed E-state index contributed by atoms with van der Waals surface area (Å²) >= 11 is 2.60. The number of carboxylic acid groups (broad SMARTS) is 1. The third-order valence-corrected chi connectivity index (χ3v) is 5.23. The number of rotatable bonds is 6. The van der Waals surface area contributed by atoms with Gasteiger partial charge in [-0.05, 0) is 48.2 Å². The van der Waals surface area contributed by atoms with Gasteiger partial charge in [-0.15, -0.1) is 10.2 Å². The number of nitrogens with zero attached hydrogens (tertiary/aromatic N) is 4. The Balaban J connectivity index is 1.86. The molecule has 0 saturated heterocycles.